The fourth-order valence-electron chi connectivity index (χ4n) is 3.47. The van der Waals surface area contributed by atoms with E-state index in [-0.39, 0.29) is 25.1 Å². The summed E-state index contributed by atoms with van der Waals surface area (Å²) < 4.78 is 6.09. The number of hydrogen-bond acceptors (Lipinski definition) is 5. The van der Waals surface area contributed by atoms with Gasteiger partial charge in [-0.3, -0.25) is 9.78 Å². The number of ether oxygens (including phenoxy) is 1. The number of carbonyl (C=O) groups is 1. The van der Waals surface area contributed by atoms with E-state index in [0.717, 1.165) is 16.6 Å². The normalized spacial score (nSPS) is 19.2. The monoisotopic (exact) mass is 411 g/mol. The van der Waals surface area contributed by atoms with Crippen molar-refractivity contribution in [1.29, 1.82) is 0 Å². The van der Waals surface area contributed by atoms with Crippen LogP contribution in [0.3, 0.4) is 0 Å². The third-order valence-electron chi connectivity index (χ3n) is 5.04. The molecule has 1 aliphatic heterocycles. The maximum Gasteiger partial charge on any atom is 0.241 e. The van der Waals surface area contributed by atoms with Gasteiger partial charge in [0.25, 0.3) is 0 Å². The molecule has 3 aromatic rings. The van der Waals surface area contributed by atoms with Crippen LogP contribution in [-0.2, 0) is 4.79 Å². The van der Waals surface area contributed by atoms with Crippen molar-refractivity contribution < 1.29 is 14.6 Å². The molecule has 0 aliphatic carbocycles. The molecular formula is C22H22ClN3O3. The van der Waals surface area contributed by atoms with Gasteiger partial charge in [0, 0.05) is 35.3 Å². The molecule has 0 saturated carbocycles. The third-order valence-corrected chi connectivity index (χ3v) is 5.30. The highest BCUT2D eigenvalue weighted by Gasteiger charge is 2.31. The van der Waals surface area contributed by atoms with Crippen LogP contribution in [0.5, 0.6) is 5.75 Å². The SMILES string of the molecule is O=C(CNc1ccc(Cl)cc1)N1CC[C@@H](Oc2cccc3ncccc23)[C@H](O)C1. The quantitative estimate of drug-likeness (QED) is 0.673. The molecule has 2 N–H and O–H groups in total. The van der Waals surface area contributed by atoms with Gasteiger partial charge >= 0.3 is 0 Å². The van der Waals surface area contributed by atoms with Crippen LogP contribution in [0.25, 0.3) is 10.9 Å². The Kier molecular flexibility index (Phi) is 5.83. The van der Waals surface area contributed by atoms with Crippen molar-refractivity contribution in [2.45, 2.75) is 18.6 Å². The molecule has 0 spiro atoms. The van der Waals surface area contributed by atoms with Crippen molar-refractivity contribution in [2.75, 3.05) is 25.0 Å². The number of aliphatic hydroxyl groups is 1. The summed E-state index contributed by atoms with van der Waals surface area (Å²) in [5.74, 6) is 0.635. The minimum Gasteiger partial charge on any atom is -0.487 e. The first kappa shape index (κ1) is 19.5. The zero-order chi connectivity index (χ0) is 20.2. The van der Waals surface area contributed by atoms with Gasteiger partial charge in [-0.2, -0.15) is 0 Å². The van der Waals surface area contributed by atoms with Crippen molar-refractivity contribution in [3.8, 4) is 5.75 Å². The van der Waals surface area contributed by atoms with Gasteiger partial charge in [-0.15, -0.1) is 0 Å². The van der Waals surface area contributed by atoms with E-state index in [0.29, 0.717) is 23.7 Å². The van der Waals surface area contributed by atoms with E-state index in [4.69, 9.17) is 16.3 Å². The molecule has 2 heterocycles. The highest BCUT2D eigenvalue weighted by molar-refractivity contribution is 6.30. The first-order valence-electron chi connectivity index (χ1n) is 9.56. The van der Waals surface area contributed by atoms with Crippen LogP contribution in [0.2, 0.25) is 5.02 Å². The van der Waals surface area contributed by atoms with Gasteiger partial charge in [0.15, 0.2) is 0 Å². The Hall–Kier alpha value is -2.83. The molecule has 6 nitrogen and oxygen atoms in total. The fraction of sp³-hybridized carbons (Fsp3) is 0.273. The predicted octanol–water partition coefficient (Wildman–Crippen LogP) is 3.34. The summed E-state index contributed by atoms with van der Waals surface area (Å²) >= 11 is 5.87. The number of halogens is 1. The lowest BCUT2D eigenvalue weighted by Gasteiger charge is -2.36. The largest absolute Gasteiger partial charge is 0.487 e. The van der Waals surface area contributed by atoms with Crippen molar-refractivity contribution in [1.82, 2.24) is 9.88 Å². The van der Waals surface area contributed by atoms with Crippen LogP contribution >= 0.6 is 11.6 Å². The Balaban J connectivity index is 1.34. The Morgan fingerprint density at radius 3 is 2.83 bits per heavy atom. The van der Waals surface area contributed by atoms with E-state index in [2.05, 4.69) is 10.3 Å². The second-order valence-electron chi connectivity index (χ2n) is 7.04. The van der Waals surface area contributed by atoms with Gasteiger partial charge in [0.1, 0.15) is 18.0 Å². The molecule has 1 saturated heterocycles. The second kappa shape index (κ2) is 8.68. The maximum atomic E-state index is 12.5. The van der Waals surface area contributed by atoms with E-state index in [9.17, 15) is 9.90 Å². The molecule has 1 aromatic heterocycles. The zero-order valence-corrected chi connectivity index (χ0v) is 16.5. The first-order valence-corrected chi connectivity index (χ1v) is 9.93. The van der Waals surface area contributed by atoms with E-state index in [1.54, 1.807) is 23.2 Å². The number of aliphatic hydroxyl groups excluding tert-OH is 1. The van der Waals surface area contributed by atoms with Crippen molar-refractivity contribution in [3.63, 3.8) is 0 Å². The van der Waals surface area contributed by atoms with Crippen LogP contribution < -0.4 is 10.1 Å². The van der Waals surface area contributed by atoms with Crippen molar-refractivity contribution >= 4 is 34.1 Å². The summed E-state index contributed by atoms with van der Waals surface area (Å²) in [4.78, 5) is 18.5. The minimum atomic E-state index is -0.754. The van der Waals surface area contributed by atoms with Gasteiger partial charge in [0.2, 0.25) is 5.91 Å². The number of benzene rings is 2. The number of amides is 1. The molecule has 29 heavy (non-hydrogen) atoms. The number of nitrogens with one attached hydrogen (secondary N) is 1. The molecule has 4 rings (SSSR count). The maximum absolute atomic E-state index is 12.5. The summed E-state index contributed by atoms with van der Waals surface area (Å²) in [6, 6.07) is 16.7. The Bertz CT molecular complexity index is 991. The molecule has 0 radical (unpaired) electrons. The number of nitrogens with zero attached hydrogens (tertiary/aromatic N) is 2. The molecule has 0 bridgehead atoms. The molecule has 150 valence electrons. The molecular weight excluding hydrogens is 390 g/mol. The zero-order valence-electron chi connectivity index (χ0n) is 15.8. The Labute approximate surface area is 174 Å². The summed E-state index contributed by atoms with van der Waals surface area (Å²) in [5, 5.41) is 15.2. The van der Waals surface area contributed by atoms with Gasteiger partial charge in [-0.05, 0) is 48.5 Å². The minimum absolute atomic E-state index is 0.0631. The molecule has 0 unspecified atom stereocenters. The molecule has 7 heteroatoms. The fourth-order valence-corrected chi connectivity index (χ4v) is 3.60. The van der Waals surface area contributed by atoms with Gasteiger partial charge in [0.05, 0.1) is 18.6 Å². The molecule has 2 atom stereocenters. The Morgan fingerprint density at radius 1 is 1.21 bits per heavy atom. The smallest absolute Gasteiger partial charge is 0.241 e. The number of β-amino-alcohol motifs (C(OH)–C–C–N with tert-alkyl or cyclic N) is 1. The van der Waals surface area contributed by atoms with Crippen LogP contribution in [0.15, 0.2) is 60.8 Å². The summed E-state index contributed by atoms with van der Waals surface area (Å²) in [6.07, 6.45) is 1.18. The lowest BCUT2D eigenvalue weighted by Crippen LogP contribution is -2.52. The molecule has 2 aromatic carbocycles. The second-order valence-corrected chi connectivity index (χ2v) is 7.48. The molecule has 1 amide bonds. The van der Waals surface area contributed by atoms with E-state index < -0.39 is 6.10 Å². The van der Waals surface area contributed by atoms with Gasteiger partial charge in [-0.1, -0.05) is 17.7 Å². The van der Waals surface area contributed by atoms with Crippen LogP contribution in [0.1, 0.15) is 6.42 Å². The topological polar surface area (TPSA) is 74.7 Å². The number of anilines is 1. The number of fused-ring (bicyclic) bond motifs is 1. The van der Waals surface area contributed by atoms with Crippen LogP contribution in [0.4, 0.5) is 5.69 Å². The number of aromatic nitrogens is 1. The van der Waals surface area contributed by atoms with Gasteiger partial charge in [-0.25, -0.2) is 0 Å². The van der Waals surface area contributed by atoms with E-state index in [1.807, 2.05) is 42.5 Å². The van der Waals surface area contributed by atoms with Crippen molar-refractivity contribution in [2.24, 2.45) is 0 Å². The van der Waals surface area contributed by atoms with Crippen LogP contribution in [-0.4, -0.2) is 52.7 Å². The van der Waals surface area contributed by atoms with Gasteiger partial charge < -0.3 is 20.1 Å². The summed E-state index contributed by atoms with van der Waals surface area (Å²) in [5.41, 5.74) is 1.67. The van der Waals surface area contributed by atoms with E-state index >= 15 is 0 Å². The van der Waals surface area contributed by atoms with E-state index in [1.165, 1.54) is 0 Å². The third kappa shape index (κ3) is 4.60. The highest BCUT2D eigenvalue weighted by atomic mass is 35.5. The molecule has 1 fully saturated rings. The average Bonchev–Trinajstić information content (AvgIpc) is 2.75. The van der Waals surface area contributed by atoms with Crippen LogP contribution in [0, 0.1) is 0 Å². The lowest BCUT2D eigenvalue weighted by atomic mass is 10.0. The standard InChI is InChI=1S/C22H22ClN3O3/c23-15-6-8-16(9-7-15)25-13-22(28)26-12-10-21(19(27)14-26)29-20-5-1-4-18-17(20)3-2-11-24-18/h1-9,11,19,21,25,27H,10,12-14H2/t19-,21-/m1/s1. The Morgan fingerprint density at radius 2 is 2.03 bits per heavy atom. The summed E-state index contributed by atoms with van der Waals surface area (Å²) in [6.45, 7) is 0.940. The lowest BCUT2D eigenvalue weighted by molar-refractivity contribution is -0.135. The number of pyridine rings is 1. The predicted molar refractivity (Wildman–Crippen MR) is 113 cm³/mol. The number of piperidine rings is 1. The average molecular weight is 412 g/mol. The number of carbonyl (C=O) groups excluding carboxylic acids is 1. The number of likely N-dealkylation sites (tertiary alicyclic amines) is 1. The molecule has 1 aliphatic rings. The highest BCUT2D eigenvalue weighted by Crippen LogP contribution is 2.27. The number of rotatable bonds is 5. The summed E-state index contributed by atoms with van der Waals surface area (Å²) in [7, 11) is 0. The van der Waals surface area contributed by atoms with Crippen molar-refractivity contribution in [3.05, 3.63) is 65.8 Å². The first-order chi connectivity index (χ1) is 14.1. The number of hydrogen-bond donors (Lipinski definition) is 2.